The van der Waals surface area contributed by atoms with E-state index >= 15 is 0 Å². The molecular formula is C13H14N4O2S. The summed E-state index contributed by atoms with van der Waals surface area (Å²) in [5, 5.41) is 21.6. The summed E-state index contributed by atoms with van der Waals surface area (Å²) in [5.41, 5.74) is 0.491. The van der Waals surface area contributed by atoms with E-state index in [0.29, 0.717) is 23.7 Å². The molecule has 0 saturated heterocycles. The van der Waals surface area contributed by atoms with Crippen molar-refractivity contribution in [3.8, 4) is 17.6 Å². The molecule has 0 spiro atoms. The third kappa shape index (κ3) is 3.59. The van der Waals surface area contributed by atoms with Gasteiger partial charge in [-0.25, -0.2) is 0 Å². The molecule has 20 heavy (non-hydrogen) atoms. The molecule has 1 aromatic carbocycles. The van der Waals surface area contributed by atoms with Gasteiger partial charge < -0.3 is 14.8 Å². The van der Waals surface area contributed by atoms with Gasteiger partial charge in [0.2, 0.25) is 5.13 Å². The molecule has 1 N–H and O–H groups in total. The zero-order valence-corrected chi connectivity index (χ0v) is 12.0. The maximum Gasteiger partial charge on any atom is 0.205 e. The largest absolute Gasteiger partial charge is 0.497 e. The Bertz CT molecular complexity index is 621. The van der Waals surface area contributed by atoms with Gasteiger partial charge in [0.15, 0.2) is 5.01 Å². The van der Waals surface area contributed by atoms with Gasteiger partial charge in [-0.05, 0) is 19.1 Å². The summed E-state index contributed by atoms with van der Waals surface area (Å²) in [6, 6.07) is 7.11. The number of nitrogens with one attached hydrogen (secondary N) is 1. The highest BCUT2D eigenvalue weighted by atomic mass is 32.1. The van der Waals surface area contributed by atoms with E-state index in [-0.39, 0.29) is 0 Å². The topological polar surface area (TPSA) is 80.1 Å². The lowest BCUT2D eigenvalue weighted by Gasteiger charge is -2.06. The molecule has 104 valence electrons. The van der Waals surface area contributed by atoms with Crippen LogP contribution in [0.15, 0.2) is 18.2 Å². The van der Waals surface area contributed by atoms with Gasteiger partial charge in [-0.2, -0.15) is 5.26 Å². The quantitative estimate of drug-likeness (QED) is 0.880. The number of hydrogen-bond acceptors (Lipinski definition) is 7. The summed E-state index contributed by atoms with van der Waals surface area (Å²) in [6.07, 6.45) is 0. The van der Waals surface area contributed by atoms with Crippen LogP contribution in [0, 0.1) is 11.3 Å². The van der Waals surface area contributed by atoms with E-state index < -0.39 is 0 Å². The Kier molecular flexibility index (Phi) is 4.74. The molecule has 7 heteroatoms. The molecule has 0 radical (unpaired) electrons. The Hall–Kier alpha value is -2.33. The van der Waals surface area contributed by atoms with Crippen molar-refractivity contribution in [3.63, 3.8) is 0 Å². The molecule has 1 heterocycles. The molecule has 1 aromatic heterocycles. The number of rotatable bonds is 6. The Labute approximate surface area is 121 Å². The second-order valence-electron chi connectivity index (χ2n) is 3.83. The van der Waals surface area contributed by atoms with Crippen LogP contribution in [-0.4, -0.2) is 23.9 Å². The van der Waals surface area contributed by atoms with Crippen LogP contribution in [0.1, 0.15) is 17.5 Å². The first-order valence-electron chi connectivity index (χ1n) is 6.03. The minimum atomic E-state index is 0.307. The summed E-state index contributed by atoms with van der Waals surface area (Å²) >= 11 is 1.44. The maximum absolute atomic E-state index is 8.94. The van der Waals surface area contributed by atoms with Crippen molar-refractivity contribution < 1.29 is 9.47 Å². The molecule has 0 saturated carbocycles. The van der Waals surface area contributed by atoms with Crippen molar-refractivity contribution >= 4 is 16.5 Å². The predicted molar refractivity (Wildman–Crippen MR) is 76.1 cm³/mol. The van der Waals surface area contributed by atoms with E-state index in [9.17, 15) is 0 Å². The molecule has 0 aliphatic heterocycles. The third-order valence-electron chi connectivity index (χ3n) is 2.40. The number of methoxy groups -OCH3 is 1. The molecule has 6 nitrogen and oxygen atoms in total. The molecule has 0 bridgehead atoms. The van der Waals surface area contributed by atoms with Crippen molar-refractivity contribution in [1.29, 1.82) is 5.26 Å². The number of hydrogen-bond donors (Lipinski definition) is 1. The summed E-state index contributed by atoms with van der Waals surface area (Å²) in [6.45, 7) is 3.11. The van der Waals surface area contributed by atoms with Crippen molar-refractivity contribution in [1.82, 2.24) is 10.2 Å². The SMILES string of the molecule is CCNc1nnc(COc2cc(C#N)cc(OC)c2)s1. The number of benzene rings is 1. The molecule has 0 aliphatic rings. The predicted octanol–water partition coefficient (Wildman–Crippen LogP) is 2.43. The summed E-state index contributed by atoms with van der Waals surface area (Å²) in [7, 11) is 1.55. The van der Waals surface area contributed by atoms with Crippen LogP contribution in [0.4, 0.5) is 5.13 Å². The Morgan fingerprint density at radius 3 is 2.80 bits per heavy atom. The molecule has 0 aliphatic carbocycles. The fourth-order valence-electron chi connectivity index (χ4n) is 1.52. The average molecular weight is 290 g/mol. The lowest BCUT2D eigenvalue weighted by Crippen LogP contribution is -1.96. The van der Waals surface area contributed by atoms with E-state index in [1.165, 1.54) is 11.3 Å². The van der Waals surface area contributed by atoms with E-state index in [4.69, 9.17) is 14.7 Å². The van der Waals surface area contributed by atoms with Gasteiger partial charge in [0, 0.05) is 12.6 Å². The fourth-order valence-corrected chi connectivity index (χ4v) is 2.24. The van der Waals surface area contributed by atoms with E-state index in [1.54, 1.807) is 25.3 Å². The van der Waals surface area contributed by atoms with Crippen molar-refractivity contribution in [2.24, 2.45) is 0 Å². The number of nitrogens with zero attached hydrogens (tertiary/aromatic N) is 3. The minimum absolute atomic E-state index is 0.307. The molecule has 0 atom stereocenters. The maximum atomic E-state index is 8.94. The van der Waals surface area contributed by atoms with Gasteiger partial charge in [-0.1, -0.05) is 11.3 Å². The van der Waals surface area contributed by atoms with Gasteiger partial charge in [0.25, 0.3) is 0 Å². The first kappa shape index (κ1) is 14.1. The Morgan fingerprint density at radius 1 is 1.30 bits per heavy atom. The highest BCUT2D eigenvalue weighted by molar-refractivity contribution is 7.15. The molecule has 0 fully saturated rings. The fraction of sp³-hybridized carbons (Fsp3) is 0.308. The lowest BCUT2D eigenvalue weighted by molar-refractivity contribution is 0.302. The minimum Gasteiger partial charge on any atom is -0.497 e. The highest BCUT2D eigenvalue weighted by Crippen LogP contribution is 2.24. The van der Waals surface area contributed by atoms with Crippen LogP contribution < -0.4 is 14.8 Å². The normalized spacial score (nSPS) is 9.85. The molecule has 2 aromatic rings. The number of anilines is 1. The van der Waals surface area contributed by atoms with E-state index in [2.05, 4.69) is 21.6 Å². The smallest absolute Gasteiger partial charge is 0.205 e. The van der Waals surface area contributed by atoms with Gasteiger partial charge in [-0.3, -0.25) is 0 Å². The lowest BCUT2D eigenvalue weighted by atomic mass is 10.2. The van der Waals surface area contributed by atoms with Gasteiger partial charge in [-0.15, -0.1) is 10.2 Å². The van der Waals surface area contributed by atoms with Crippen LogP contribution >= 0.6 is 11.3 Å². The number of aromatic nitrogens is 2. The number of nitriles is 1. The molecular weight excluding hydrogens is 276 g/mol. The first-order valence-corrected chi connectivity index (χ1v) is 6.85. The molecule has 0 unspecified atom stereocenters. The highest BCUT2D eigenvalue weighted by Gasteiger charge is 2.06. The van der Waals surface area contributed by atoms with Crippen LogP contribution in [0.5, 0.6) is 11.5 Å². The molecule has 2 rings (SSSR count). The Balaban J connectivity index is 2.04. The zero-order chi connectivity index (χ0) is 14.4. The zero-order valence-electron chi connectivity index (χ0n) is 11.2. The second-order valence-corrected chi connectivity index (χ2v) is 4.89. The van der Waals surface area contributed by atoms with Gasteiger partial charge in [0.05, 0.1) is 18.7 Å². The van der Waals surface area contributed by atoms with Crippen molar-refractivity contribution in [3.05, 3.63) is 28.8 Å². The van der Waals surface area contributed by atoms with Crippen molar-refractivity contribution in [2.75, 3.05) is 19.0 Å². The second kappa shape index (κ2) is 6.73. The average Bonchev–Trinajstić information content (AvgIpc) is 2.93. The third-order valence-corrected chi connectivity index (χ3v) is 3.26. The van der Waals surface area contributed by atoms with Gasteiger partial charge in [0.1, 0.15) is 18.1 Å². The van der Waals surface area contributed by atoms with Crippen molar-refractivity contribution in [2.45, 2.75) is 13.5 Å². The van der Waals surface area contributed by atoms with E-state index in [0.717, 1.165) is 16.7 Å². The summed E-state index contributed by atoms with van der Waals surface area (Å²) < 4.78 is 10.7. The molecule has 0 amide bonds. The van der Waals surface area contributed by atoms with Crippen LogP contribution in [0.2, 0.25) is 0 Å². The first-order chi connectivity index (χ1) is 9.75. The summed E-state index contributed by atoms with van der Waals surface area (Å²) in [4.78, 5) is 0. The van der Waals surface area contributed by atoms with E-state index in [1.807, 2.05) is 6.92 Å². The van der Waals surface area contributed by atoms with Crippen LogP contribution in [-0.2, 0) is 6.61 Å². The van der Waals surface area contributed by atoms with Crippen LogP contribution in [0.3, 0.4) is 0 Å². The standard InChI is InChI=1S/C13H14N4O2S/c1-3-15-13-17-16-12(20-13)8-19-11-5-9(7-14)4-10(6-11)18-2/h4-6H,3,8H2,1-2H3,(H,15,17). The van der Waals surface area contributed by atoms with Crippen LogP contribution in [0.25, 0.3) is 0 Å². The number of ether oxygens (including phenoxy) is 2. The summed E-state index contributed by atoms with van der Waals surface area (Å²) in [5.74, 6) is 1.16. The Morgan fingerprint density at radius 2 is 2.10 bits per heavy atom. The monoisotopic (exact) mass is 290 g/mol. The van der Waals surface area contributed by atoms with Gasteiger partial charge >= 0.3 is 0 Å².